The Kier molecular flexibility index (Phi) is 14.2. The van der Waals surface area contributed by atoms with Gasteiger partial charge >= 0.3 is 12.1 Å². The van der Waals surface area contributed by atoms with Crippen LogP contribution in [0.3, 0.4) is 0 Å². The third kappa shape index (κ3) is 9.03. The topological polar surface area (TPSA) is 191 Å². The third-order valence-corrected chi connectivity index (χ3v) is 8.75. The quantitative estimate of drug-likeness (QED) is 0.217. The molecule has 19 heteroatoms. The Hall–Kier alpha value is -2.24. The van der Waals surface area contributed by atoms with Gasteiger partial charge < -0.3 is 72.7 Å². The van der Waals surface area contributed by atoms with Crippen LogP contribution < -0.4 is 10.1 Å². The number of methoxy groups -OCH3 is 5. The number of hydrogen-bond donors (Lipinski definition) is 4. The highest BCUT2D eigenvalue weighted by molar-refractivity contribution is 5.94. The van der Waals surface area contributed by atoms with Crippen molar-refractivity contribution in [2.45, 2.75) is 112 Å². The smallest absolute Gasteiger partial charge is 0.462 e. The predicted molar refractivity (Wildman–Crippen MR) is 162 cm³/mol. The van der Waals surface area contributed by atoms with E-state index in [-0.39, 0.29) is 18.0 Å². The van der Waals surface area contributed by atoms with Gasteiger partial charge in [0.05, 0.1) is 18.8 Å². The summed E-state index contributed by atoms with van der Waals surface area (Å²) in [5, 5.41) is 34.2. The first-order valence-electron chi connectivity index (χ1n) is 15.7. The summed E-state index contributed by atoms with van der Waals surface area (Å²) in [5.74, 6) is -2.00. The van der Waals surface area contributed by atoms with Crippen LogP contribution in [0.4, 0.5) is 18.9 Å². The molecule has 0 saturated carbocycles. The van der Waals surface area contributed by atoms with Crippen LogP contribution in [0.1, 0.15) is 13.8 Å². The van der Waals surface area contributed by atoms with E-state index in [1.165, 1.54) is 59.8 Å². The van der Waals surface area contributed by atoms with E-state index in [2.05, 4.69) is 0 Å². The predicted octanol–water partition coefficient (Wildman–Crippen LogP) is 0.340. The fourth-order valence-electron chi connectivity index (χ4n) is 6.14. The number of carbonyl (C=O) groups excluding carboxylic acids is 1. The summed E-state index contributed by atoms with van der Waals surface area (Å²) in [7, 11) is 6.92. The molecule has 0 radical (unpaired) electrons. The van der Waals surface area contributed by atoms with E-state index in [9.17, 15) is 33.3 Å². The van der Waals surface area contributed by atoms with Gasteiger partial charge in [-0.05, 0) is 38.1 Å². The Labute approximate surface area is 286 Å². The molecule has 16 nitrogen and oxygen atoms in total. The number of anilines is 1. The number of halogens is 3. The van der Waals surface area contributed by atoms with Crippen molar-refractivity contribution >= 4 is 11.6 Å². The Bertz CT molecular complexity index is 1210. The van der Waals surface area contributed by atoms with E-state index in [1.54, 1.807) is 19.2 Å². The summed E-state index contributed by atoms with van der Waals surface area (Å²) in [6.07, 6.45) is -21.2. The van der Waals surface area contributed by atoms with Crippen molar-refractivity contribution in [3.63, 3.8) is 0 Å². The summed E-state index contributed by atoms with van der Waals surface area (Å²) in [5.41, 5.74) is -0.125. The summed E-state index contributed by atoms with van der Waals surface area (Å²) in [6.45, 7) is 3.25. The Morgan fingerprint density at radius 2 is 1.28 bits per heavy atom. The molecular weight excluding hydrogens is 683 g/mol. The van der Waals surface area contributed by atoms with Crippen LogP contribution in [0.15, 0.2) is 24.3 Å². The fraction of sp³-hybridized carbons (Fsp3) is 0.774. The second kappa shape index (κ2) is 17.5. The molecule has 0 aliphatic carbocycles. The minimum absolute atomic E-state index is 0.00869. The van der Waals surface area contributed by atoms with Gasteiger partial charge in [-0.25, -0.2) is 0 Å². The van der Waals surface area contributed by atoms with Crippen molar-refractivity contribution in [3.8, 4) is 5.75 Å². The molecule has 3 aliphatic heterocycles. The summed E-state index contributed by atoms with van der Waals surface area (Å²) in [6, 6.07) is 5.05. The molecule has 0 bridgehead atoms. The zero-order valence-corrected chi connectivity index (χ0v) is 28.6. The van der Waals surface area contributed by atoms with Gasteiger partial charge in [-0.3, -0.25) is 4.79 Å². The number of ether oxygens (including phenoxy) is 11. The highest BCUT2D eigenvalue weighted by atomic mass is 19.4. The van der Waals surface area contributed by atoms with Crippen molar-refractivity contribution in [1.29, 1.82) is 0 Å². The average molecular weight is 730 g/mol. The molecule has 1 amide bonds. The van der Waals surface area contributed by atoms with E-state index >= 15 is 0 Å². The van der Waals surface area contributed by atoms with Crippen LogP contribution in [0.5, 0.6) is 5.75 Å². The Morgan fingerprint density at radius 3 is 1.84 bits per heavy atom. The molecular formula is C31H46F3NO15. The minimum Gasteiger partial charge on any atom is -0.462 e. The molecule has 0 aromatic heterocycles. The zero-order valence-electron chi connectivity index (χ0n) is 28.6. The van der Waals surface area contributed by atoms with Crippen molar-refractivity contribution in [3.05, 3.63) is 24.3 Å². The second-order valence-corrected chi connectivity index (χ2v) is 12.0. The number of nitrogens with one attached hydrogen (secondary N) is 1. The number of aliphatic hydroxyl groups is 3. The van der Waals surface area contributed by atoms with Gasteiger partial charge in [-0.2, -0.15) is 13.2 Å². The average Bonchev–Trinajstić information content (AvgIpc) is 3.07. The van der Waals surface area contributed by atoms with E-state index in [0.717, 1.165) is 0 Å². The van der Waals surface area contributed by atoms with Gasteiger partial charge in [0.1, 0.15) is 60.7 Å². The van der Waals surface area contributed by atoms with Crippen molar-refractivity contribution < 1.29 is 85.4 Å². The van der Waals surface area contributed by atoms with Crippen LogP contribution in [-0.2, 0) is 52.2 Å². The first-order chi connectivity index (χ1) is 23.7. The number of aliphatic hydroxyl groups excluding tert-OH is 3. The summed E-state index contributed by atoms with van der Waals surface area (Å²) >= 11 is 0. The lowest BCUT2D eigenvalue weighted by atomic mass is 9.96. The highest BCUT2D eigenvalue weighted by Gasteiger charge is 2.54. The Morgan fingerprint density at radius 1 is 0.700 bits per heavy atom. The number of hydrogen-bond acceptors (Lipinski definition) is 15. The molecule has 4 N–H and O–H groups in total. The molecule has 3 aliphatic rings. The largest absolute Gasteiger partial charge is 0.471 e. The van der Waals surface area contributed by atoms with E-state index in [1.807, 2.05) is 0 Å². The molecule has 15 atom stereocenters. The van der Waals surface area contributed by atoms with Crippen molar-refractivity contribution in [1.82, 2.24) is 0 Å². The van der Waals surface area contributed by atoms with Gasteiger partial charge in [0.25, 0.3) is 0 Å². The first-order valence-corrected chi connectivity index (χ1v) is 15.7. The van der Waals surface area contributed by atoms with Crippen LogP contribution in [0, 0.1) is 0 Å². The number of benzene rings is 1. The van der Waals surface area contributed by atoms with E-state index in [4.69, 9.17) is 52.1 Å². The number of amides is 1. The molecule has 0 spiro atoms. The monoisotopic (exact) mass is 729 g/mol. The number of rotatable bonds is 13. The van der Waals surface area contributed by atoms with Crippen LogP contribution >= 0.6 is 0 Å². The third-order valence-electron chi connectivity index (χ3n) is 8.75. The minimum atomic E-state index is -5.07. The normalized spacial score (nSPS) is 39.6. The SMILES string of the molecule is COC[C@H]1O[C@@H](O[C@@H]2[C@@H](OC)[C@@H](OC)[C@H](O[C@H]3[C@H](Oc4ccc(NC(=O)C(F)(F)F)cc4)O[C@@H](C)[C@H](O)[C@H]3OC)O[C@H]2C)[C@H](O)[C@@H](OC)[C@@H]1O. The zero-order chi connectivity index (χ0) is 36.9. The maximum atomic E-state index is 12.7. The summed E-state index contributed by atoms with van der Waals surface area (Å²) in [4.78, 5) is 11.3. The first kappa shape index (κ1) is 40.5. The van der Waals surface area contributed by atoms with Crippen molar-refractivity contribution in [2.24, 2.45) is 0 Å². The van der Waals surface area contributed by atoms with E-state index < -0.39 is 104 Å². The fourth-order valence-corrected chi connectivity index (χ4v) is 6.14. The lowest BCUT2D eigenvalue weighted by Crippen LogP contribution is -2.66. The van der Waals surface area contributed by atoms with Crippen LogP contribution in [0.25, 0.3) is 0 Å². The van der Waals surface area contributed by atoms with Gasteiger partial charge in [-0.15, -0.1) is 0 Å². The number of alkyl halides is 3. The number of carbonyl (C=O) groups is 1. The van der Waals surface area contributed by atoms with Crippen molar-refractivity contribution in [2.75, 3.05) is 47.5 Å². The molecule has 4 rings (SSSR count). The standard InChI is InChI=1S/C31H46F3NO15/c1-13-18(36)23(42-5)26(29(45-13)47-16-10-8-15(9-11-16)35-30(39)31(32,33)34)50-28-25(44-7)24(43-6)21(14(2)46-28)49-27-20(38)22(41-4)19(37)17(48-27)12-40-3/h8-11,13-14,17-29,36-38H,12H2,1-7H3,(H,35,39)/t13-,14-,17+,18-,19+,20+,21-,22-,23+,24+,25+,26+,27-,28-,29-/m0/s1. The molecule has 0 unspecified atom stereocenters. The molecule has 1 aromatic rings. The molecule has 3 saturated heterocycles. The van der Waals surface area contributed by atoms with Gasteiger partial charge in [0, 0.05) is 41.2 Å². The maximum Gasteiger partial charge on any atom is 0.471 e. The Balaban J connectivity index is 1.53. The summed E-state index contributed by atoms with van der Waals surface area (Å²) < 4.78 is 102. The van der Waals surface area contributed by atoms with E-state index in [0.29, 0.717) is 0 Å². The molecule has 3 fully saturated rings. The molecule has 50 heavy (non-hydrogen) atoms. The van der Waals surface area contributed by atoms with Gasteiger partial charge in [0.2, 0.25) is 6.29 Å². The van der Waals surface area contributed by atoms with Crippen LogP contribution in [0.2, 0.25) is 0 Å². The lowest BCUT2D eigenvalue weighted by molar-refractivity contribution is -0.379. The molecule has 3 heterocycles. The lowest BCUT2D eigenvalue weighted by Gasteiger charge is -2.49. The van der Waals surface area contributed by atoms with Gasteiger partial charge in [0.15, 0.2) is 18.7 Å². The maximum absolute atomic E-state index is 12.7. The molecule has 286 valence electrons. The highest BCUT2D eigenvalue weighted by Crippen LogP contribution is 2.36. The molecule has 1 aromatic carbocycles. The van der Waals surface area contributed by atoms with Crippen LogP contribution in [-0.4, -0.2) is 162 Å². The van der Waals surface area contributed by atoms with Gasteiger partial charge in [-0.1, -0.05) is 0 Å². The second-order valence-electron chi connectivity index (χ2n) is 12.0.